The predicted octanol–water partition coefficient (Wildman–Crippen LogP) is 13.2. The lowest BCUT2D eigenvalue weighted by atomic mass is 9.38. The van der Waals surface area contributed by atoms with Crippen LogP contribution in [0.3, 0.4) is 0 Å². The number of ether oxygens (including phenoxy) is 2. The van der Waals surface area contributed by atoms with Gasteiger partial charge in [0.2, 0.25) is 0 Å². The standard InChI is InChI=1S/C60H98O7/c1-36(2)38-21-33-59(15)46(20-18-42-43(24-32-58(42,59)14)60(16)34-26-48(67-60)52(6,7)64)54(38,10)29-27-49(62)66-44(50(63)53(8,9)65)35-37(3)39-22-30-57(13)41-17-19-45-51(4,5)47(61)25-28-55(45,11)40(41)23-31-56(39,57)12/h17,37-40,42-46,48,50,63-65H,1,18-35H2,2-16H3/t37-,38-,39-,40-,42+,43-,44+,45-,46+,48+,50-,54-,55+,56-,57+,58+,59+,60-/m0/s1. The van der Waals surface area contributed by atoms with Gasteiger partial charge in [-0.3, -0.25) is 9.59 Å². The van der Waals surface area contributed by atoms with Crippen molar-refractivity contribution in [1.29, 1.82) is 0 Å². The van der Waals surface area contributed by atoms with Gasteiger partial charge in [0.25, 0.3) is 0 Å². The van der Waals surface area contributed by atoms with Crippen LogP contribution >= 0.6 is 0 Å². The minimum absolute atomic E-state index is 0.0528. The van der Waals surface area contributed by atoms with Crippen LogP contribution in [0.1, 0.15) is 219 Å². The molecule has 0 radical (unpaired) electrons. The van der Waals surface area contributed by atoms with Crippen molar-refractivity contribution in [3.05, 3.63) is 23.8 Å². The molecule has 6 saturated carbocycles. The summed E-state index contributed by atoms with van der Waals surface area (Å²) in [6, 6.07) is 0. The highest BCUT2D eigenvalue weighted by atomic mass is 16.6. The minimum atomic E-state index is -1.43. The molecular weight excluding hydrogens is 833 g/mol. The highest BCUT2D eigenvalue weighted by molar-refractivity contribution is 5.85. The molecule has 18 atom stereocenters. The summed E-state index contributed by atoms with van der Waals surface area (Å²) < 4.78 is 13.4. The van der Waals surface area contributed by atoms with Crippen LogP contribution in [0.4, 0.5) is 0 Å². The second kappa shape index (κ2) is 16.8. The third-order valence-electron chi connectivity index (χ3n) is 24.3. The number of hydrogen-bond acceptors (Lipinski definition) is 7. The smallest absolute Gasteiger partial charge is 0.306 e. The van der Waals surface area contributed by atoms with Crippen LogP contribution in [0.15, 0.2) is 23.8 Å². The van der Waals surface area contributed by atoms with Crippen LogP contribution in [0, 0.1) is 85.2 Å². The molecule has 3 N–H and O–H groups in total. The number of carbonyl (C=O) groups excluding carboxylic acids is 2. The first-order valence-electron chi connectivity index (χ1n) is 27.6. The third kappa shape index (κ3) is 7.81. The molecule has 0 spiro atoms. The summed E-state index contributed by atoms with van der Waals surface area (Å²) in [5.41, 5.74) is 0.411. The number of fused-ring (bicyclic) bond motifs is 8. The van der Waals surface area contributed by atoms with Gasteiger partial charge in [-0.2, -0.15) is 0 Å². The molecule has 0 aromatic rings. The van der Waals surface area contributed by atoms with Crippen molar-refractivity contribution in [2.45, 2.75) is 255 Å². The highest BCUT2D eigenvalue weighted by Crippen LogP contribution is 2.76. The van der Waals surface area contributed by atoms with Crippen molar-refractivity contribution < 1.29 is 34.4 Å². The fourth-order valence-electron chi connectivity index (χ4n) is 19.9. The van der Waals surface area contributed by atoms with E-state index in [4.69, 9.17) is 9.47 Å². The van der Waals surface area contributed by atoms with Gasteiger partial charge in [-0.05, 0) is 224 Å². The topological polar surface area (TPSA) is 113 Å². The second-order valence-corrected chi connectivity index (χ2v) is 28.7. The minimum Gasteiger partial charge on any atom is -0.459 e. The number of hydrogen-bond donors (Lipinski definition) is 3. The van der Waals surface area contributed by atoms with Gasteiger partial charge in [0, 0.05) is 18.3 Å². The summed E-state index contributed by atoms with van der Waals surface area (Å²) in [6.45, 7) is 38.1. The Morgan fingerprint density at radius 1 is 0.821 bits per heavy atom. The van der Waals surface area contributed by atoms with E-state index < -0.39 is 23.4 Å². The SMILES string of the molecule is C=C(C)[C@@H]1CC[C@]2(C)[C@H](CC[C@@H]3[C@@H]([C@]4(C)CC[C@H](C(C)(C)O)O4)CC[C@]32C)[C@@]1(C)CCC(=O)O[C@H](C[C@H](C)[C@@H]1CC[C@]2(C)C3=CC[C@H]4C(C)(C)C(=O)CC[C@]4(C)[C@H]3CC[C@@]12C)[C@H](O)C(C)(C)O. The van der Waals surface area contributed by atoms with E-state index in [2.05, 4.69) is 88.8 Å². The number of ketones is 1. The van der Waals surface area contributed by atoms with E-state index in [1.54, 1.807) is 19.4 Å². The van der Waals surface area contributed by atoms with E-state index in [0.717, 1.165) is 83.5 Å². The molecule has 0 bridgehead atoms. The molecule has 0 amide bonds. The molecule has 1 saturated heterocycles. The van der Waals surface area contributed by atoms with Gasteiger partial charge in [-0.25, -0.2) is 0 Å². The average molecular weight is 931 g/mol. The molecule has 7 nitrogen and oxygen atoms in total. The molecule has 1 heterocycles. The second-order valence-electron chi connectivity index (χ2n) is 28.7. The third-order valence-corrected chi connectivity index (χ3v) is 24.3. The van der Waals surface area contributed by atoms with Gasteiger partial charge >= 0.3 is 5.97 Å². The molecule has 7 heteroatoms. The fraction of sp³-hybridized carbons (Fsp3) is 0.900. The van der Waals surface area contributed by atoms with Crippen molar-refractivity contribution in [2.24, 2.45) is 85.2 Å². The van der Waals surface area contributed by atoms with Crippen LogP contribution in [-0.4, -0.2) is 62.2 Å². The number of aliphatic hydroxyl groups excluding tert-OH is 1. The number of carbonyl (C=O) groups is 2. The Labute approximate surface area is 408 Å². The van der Waals surface area contributed by atoms with E-state index in [0.29, 0.717) is 66.5 Å². The van der Waals surface area contributed by atoms with E-state index >= 15 is 0 Å². The van der Waals surface area contributed by atoms with Crippen molar-refractivity contribution in [3.63, 3.8) is 0 Å². The molecule has 7 fully saturated rings. The zero-order valence-corrected chi connectivity index (χ0v) is 45.3. The number of rotatable bonds is 12. The maximum Gasteiger partial charge on any atom is 0.306 e. The maximum atomic E-state index is 14.5. The lowest BCUT2D eigenvalue weighted by Gasteiger charge is -2.66. The zero-order valence-electron chi connectivity index (χ0n) is 45.3. The zero-order chi connectivity index (χ0) is 49.5. The first kappa shape index (κ1) is 51.8. The Hall–Kier alpha value is -1.54. The maximum absolute atomic E-state index is 14.5. The monoisotopic (exact) mass is 931 g/mol. The van der Waals surface area contributed by atoms with Crippen molar-refractivity contribution in [1.82, 2.24) is 0 Å². The van der Waals surface area contributed by atoms with Crippen LogP contribution in [0.25, 0.3) is 0 Å². The molecule has 7 aliphatic carbocycles. The molecule has 8 rings (SSSR count). The molecular formula is C60H98O7. The summed E-state index contributed by atoms with van der Waals surface area (Å²) >= 11 is 0. The Kier molecular flexibility index (Phi) is 13.0. The van der Waals surface area contributed by atoms with Crippen LogP contribution < -0.4 is 0 Å². The van der Waals surface area contributed by atoms with Crippen LogP contribution in [0.2, 0.25) is 0 Å². The molecule has 67 heavy (non-hydrogen) atoms. The molecule has 8 aliphatic rings. The van der Waals surface area contributed by atoms with Crippen LogP contribution in [0.5, 0.6) is 0 Å². The lowest BCUT2D eigenvalue weighted by Crippen LogP contribution is -2.60. The Bertz CT molecular complexity index is 1970. The van der Waals surface area contributed by atoms with Crippen molar-refractivity contribution in [2.75, 3.05) is 0 Å². The Morgan fingerprint density at radius 2 is 1.48 bits per heavy atom. The van der Waals surface area contributed by atoms with E-state index in [-0.39, 0.29) is 67.9 Å². The summed E-state index contributed by atoms with van der Waals surface area (Å²) in [7, 11) is 0. The number of aliphatic hydroxyl groups is 3. The normalized spacial score (nSPS) is 47.4. The molecule has 380 valence electrons. The van der Waals surface area contributed by atoms with E-state index in [1.165, 1.54) is 12.0 Å². The molecule has 0 unspecified atom stereocenters. The largest absolute Gasteiger partial charge is 0.459 e. The van der Waals surface area contributed by atoms with Gasteiger partial charge < -0.3 is 24.8 Å². The number of allylic oxidation sites excluding steroid dienone is 3. The summed E-state index contributed by atoms with van der Waals surface area (Å²) in [6.07, 6.45) is 17.8. The van der Waals surface area contributed by atoms with Gasteiger partial charge in [0.1, 0.15) is 18.0 Å². The van der Waals surface area contributed by atoms with Crippen molar-refractivity contribution >= 4 is 11.8 Å². The molecule has 0 aromatic carbocycles. The van der Waals surface area contributed by atoms with Gasteiger partial charge in [-0.15, -0.1) is 0 Å². The van der Waals surface area contributed by atoms with Gasteiger partial charge in [-0.1, -0.05) is 86.1 Å². The molecule has 1 aliphatic heterocycles. The quantitative estimate of drug-likeness (QED) is 0.132. The highest BCUT2D eigenvalue weighted by Gasteiger charge is 2.69. The first-order valence-corrected chi connectivity index (χ1v) is 27.6. The Balaban J connectivity index is 0.979. The summed E-state index contributed by atoms with van der Waals surface area (Å²) in [5.74, 6) is 3.36. The van der Waals surface area contributed by atoms with Crippen LogP contribution in [-0.2, 0) is 19.1 Å². The number of Topliss-reactive ketones (excluding diaryl/α,β-unsaturated/α-hetero) is 1. The summed E-state index contributed by atoms with van der Waals surface area (Å²) in [4.78, 5) is 27.7. The predicted molar refractivity (Wildman–Crippen MR) is 269 cm³/mol. The molecule has 0 aromatic heterocycles. The lowest BCUT2D eigenvalue weighted by molar-refractivity contribution is -0.190. The van der Waals surface area contributed by atoms with Crippen molar-refractivity contribution in [3.8, 4) is 0 Å². The van der Waals surface area contributed by atoms with Gasteiger partial charge in [0.15, 0.2) is 0 Å². The average Bonchev–Trinajstić information content (AvgIpc) is 3.89. The van der Waals surface area contributed by atoms with E-state index in [9.17, 15) is 24.9 Å². The Morgan fingerprint density at radius 3 is 2.10 bits per heavy atom. The first-order chi connectivity index (χ1) is 30.7. The van der Waals surface area contributed by atoms with Gasteiger partial charge in [0.05, 0.1) is 22.9 Å². The van der Waals surface area contributed by atoms with E-state index in [1.807, 2.05) is 13.8 Å². The number of esters is 1. The summed E-state index contributed by atoms with van der Waals surface area (Å²) in [5, 5.41) is 34.1. The fourth-order valence-corrected chi connectivity index (χ4v) is 19.9.